The van der Waals surface area contributed by atoms with E-state index in [1.165, 1.54) is 17.0 Å². The number of hydrogen-bond acceptors (Lipinski definition) is 3. The molecular formula is C13H15BrFN3O. The molecule has 0 spiro atoms. The summed E-state index contributed by atoms with van der Waals surface area (Å²) in [6, 6.07) is 4.95. The lowest BCUT2D eigenvalue weighted by Gasteiger charge is -2.25. The lowest BCUT2D eigenvalue weighted by molar-refractivity contribution is -0.127. The zero-order valence-electron chi connectivity index (χ0n) is 11.1. The Morgan fingerprint density at radius 3 is 2.58 bits per heavy atom. The van der Waals surface area contributed by atoms with Crippen molar-refractivity contribution >= 4 is 27.5 Å². The Labute approximate surface area is 120 Å². The number of rotatable bonds is 4. The standard InChI is InChI=1S/C13H15BrFN3O/c1-4-18(8-11(19)17(2)3)10-6-5-9(7-16)12(14)13(10)15/h5-6H,4,8H2,1-3H3. The molecule has 0 aliphatic carbocycles. The summed E-state index contributed by atoms with van der Waals surface area (Å²) in [5.41, 5.74) is 0.541. The number of nitriles is 1. The second-order valence-corrected chi connectivity index (χ2v) is 4.97. The van der Waals surface area contributed by atoms with Crippen molar-refractivity contribution in [2.24, 2.45) is 0 Å². The molecule has 0 heterocycles. The molecule has 1 rings (SSSR count). The molecule has 0 aliphatic heterocycles. The van der Waals surface area contributed by atoms with E-state index in [0.29, 0.717) is 12.2 Å². The number of carbonyl (C=O) groups is 1. The maximum absolute atomic E-state index is 14.2. The van der Waals surface area contributed by atoms with E-state index >= 15 is 0 Å². The van der Waals surface area contributed by atoms with Crippen LogP contribution in [0.25, 0.3) is 0 Å². The molecule has 0 fully saturated rings. The first kappa shape index (κ1) is 15.4. The van der Waals surface area contributed by atoms with E-state index < -0.39 is 5.82 Å². The first-order valence-electron chi connectivity index (χ1n) is 5.75. The molecule has 0 saturated heterocycles. The third kappa shape index (κ3) is 3.44. The van der Waals surface area contributed by atoms with Gasteiger partial charge in [0.25, 0.3) is 0 Å². The molecular weight excluding hydrogens is 313 g/mol. The SMILES string of the molecule is CCN(CC(=O)N(C)C)c1ccc(C#N)c(Br)c1F. The van der Waals surface area contributed by atoms with Crippen molar-refractivity contribution in [1.29, 1.82) is 5.26 Å². The van der Waals surface area contributed by atoms with Gasteiger partial charge in [-0.25, -0.2) is 4.39 Å². The van der Waals surface area contributed by atoms with Gasteiger partial charge < -0.3 is 9.80 Å². The second-order valence-electron chi connectivity index (χ2n) is 4.17. The summed E-state index contributed by atoms with van der Waals surface area (Å²) in [4.78, 5) is 14.8. The molecule has 102 valence electrons. The van der Waals surface area contributed by atoms with Crippen LogP contribution < -0.4 is 4.90 Å². The summed E-state index contributed by atoms with van der Waals surface area (Å²) in [5.74, 6) is -0.630. The van der Waals surface area contributed by atoms with Gasteiger partial charge in [0.05, 0.1) is 22.3 Å². The number of likely N-dealkylation sites (N-methyl/N-ethyl adjacent to an activating group) is 2. The Kier molecular flexibility index (Phi) is 5.31. The van der Waals surface area contributed by atoms with E-state index in [0.717, 1.165) is 0 Å². The number of hydrogen-bond donors (Lipinski definition) is 0. The molecule has 0 saturated carbocycles. The van der Waals surface area contributed by atoms with Crippen LogP contribution in [-0.4, -0.2) is 38.0 Å². The molecule has 1 aromatic carbocycles. The van der Waals surface area contributed by atoms with Gasteiger partial charge in [-0.2, -0.15) is 5.26 Å². The minimum atomic E-state index is -0.521. The van der Waals surface area contributed by atoms with Crippen molar-refractivity contribution in [2.45, 2.75) is 6.92 Å². The van der Waals surface area contributed by atoms with Crippen LogP contribution in [0.4, 0.5) is 10.1 Å². The predicted octanol–water partition coefficient (Wildman–Crippen LogP) is 2.37. The van der Waals surface area contributed by atoms with Crippen molar-refractivity contribution in [3.63, 3.8) is 0 Å². The largest absolute Gasteiger partial charge is 0.360 e. The third-order valence-corrected chi connectivity index (χ3v) is 3.50. The van der Waals surface area contributed by atoms with E-state index in [-0.39, 0.29) is 22.5 Å². The Bertz CT molecular complexity index is 525. The van der Waals surface area contributed by atoms with Crippen LogP contribution in [0, 0.1) is 17.1 Å². The van der Waals surface area contributed by atoms with Crippen LogP contribution in [0.3, 0.4) is 0 Å². The summed E-state index contributed by atoms with van der Waals surface area (Å²) in [6.07, 6.45) is 0. The number of benzene rings is 1. The third-order valence-electron chi connectivity index (χ3n) is 2.73. The minimum Gasteiger partial charge on any atom is -0.360 e. The number of carbonyl (C=O) groups excluding carboxylic acids is 1. The fourth-order valence-electron chi connectivity index (χ4n) is 1.54. The highest BCUT2D eigenvalue weighted by Gasteiger charge is 2.18. The van der Waals surface area contributed by atoms with Gasteiger partial charge in [0.15, 0.2) is 5.82 Å². The molecule has 0 radical (unpaired) electrons. The molecule has 1 aromatic rings. The topological polar surface area (TPSA) is 47.3 Å². The minimum absolute atomic E-state index is 0.0960. The van der Waals surface area contributed by atoms with Gasteiger partial charge in [-0.15, -0.1) is 0 Å². The smallest absolute Gasteiger partial charge is 0.241 e. The molecule has 0 N–H and O–H groups in total. The van der Waals surface area contributed by atoms with E-state index in [1.807, 2.05) is 13.0 Å². The van der Waals surface area contributed by atoms with Gasteiger partial charge >= 0.3 is 0 Å². The van der Waals surface area contributed by atoms with E-state index in [4.69, 9.17) is 5.26 Å². The zero-order chi connectivity index (χ0) is 14.6. The van der Waals surface area contributed by atoms with Crippen molar-refractivity contribution in [3.8, 4) is 6.07 Å². The molecule has 0 unspecified atom stereocenters. The monoisotopic (exact) mass is 327 g/mol. The maximum atomic E-state index is 14.2. The van der Waals surface area contributed by atoms with Gasteiger partial charge in [-0.3, -0.25) is 4.79 Å². The molecule has 0 bridgehead atoms. The predicted molar refractivity (Wildman–Crippen MR) is 75.4 cm³/mol. The van der Waals surface area contributed by atoms with Gasteiger partial charge in [0, 0.05) is 20.6 Å². The highest BCUT2D eigenvalue weighted by atomic mass is 79.9. The van der Waals surface area contributed by atoms with Gasteiger partial charge in [0.1, 0.15) is 6.07 Å². The summed E-state index contributed by atoms with van der Waals surface area (Å²) in [5, 5.41) is 8.83. The molecule has 0 aromatic heterocycles. The Balaban J connectivity index is 3.10. The number of amides is 1. The fraction of sp³-hybridized carbons (Fsp3) is 0.385. The van der Waals surface area contributed by atoms with Crippen molar-refractivity contribution in [3.05, 3.63) is 28.0 Å². The van der Waals surface area contributed by atoms with Crippen LogP contribution in [0.2, 0.25) is 0 Å². The Morgan fingerprint density at radius 2 is 2.11 bits per heavy atom. The number of halogens is 2. The molecule has 4 nitrogen and oxygen atoms in total. The van der Waals surface area contributed by atoms with Crippen LogP contribution in [0.5, 0.6) is 0 Å². The van der Waals surface area contributed by atoms with Crippen LogP contribution >= 0.6 is 15.9 Å². The second kappa shape index (κ2) is 6.53. The average Bonchev–Trinajstić information content (AvgIpc) is 2.39. The first-order valence-corrected chi connectivity index (χ1v) is 6.54. The van der Waals surface area contributed by atoms with Gasteiger partial charge in [-0.05, 0) is 35.0 Å². The van der Waals surface area contributed by atoms with E-state index in [1.54, 1.807) is 19.0 Å². The summed E-state index contributed by atoms with van der Waals surface area (Å²) in [6.45, 7) is 2.43. The first-order chi connectivity index (χ1) is 8.92. The normalized spacial score (nSPS) is 9.89. The molecule has 0 atom stereocenters. The maximum Gasteiger partial charge on any atom is 0.241 e. The molecule has 1 amide bonds. The van der Waals surface area contributed by atoms with Gasteiger partial charge in [-0.1, -0.05) is 0 Å². The van der Waals surface area contributed by atoms with Crippen molar-refractivity contribution in [1.82, 2.24) is 4.90 Å². The van der Waals surface area contributed by atoms with E-state index in [9.17, 15) is 9.18 Å². The number of nitrogens with zero attached hydrogens (tertiary/aromatic N) is 3. The van der Waals surface area contributed by atoms with Crippen molar-refractivity contribution < 1.29 is 9.18 Å². The average molecular weight is 328 g/mol. The number of anilines is 1. The Morgan fingerprint density at radius 1 is 1.47 bits per heavy atom. The van der Waals surface area contributed by atoms with Crippen LogP contribution in [0.15, 0.2) is 16.6 Å². The van der Waals surface area contributed by atoms with Crippen LogP contribution in [-0.2, 0) is 4.79 Å². The lowest BCUT2D eigenvalue weighted by atomic mass is 10.2. The molecule has 19 heavy (non-hydrogen) atoms. The van der Waals surface area contributed by atoms with Crippen molar-refractivity contribution in [2.75, 3.05) is 32.1 Å². The van der Waals surface area contributed by atoms with Gasteiger partial charge in [0.2, 0.25) is 5.91 Å². The molecule has 6 heteroatoms. The summed E-state index contributed by atoms with van der Waals surface area (Å²) in [7, 11) is 3.31. The lowest BCUT2D eigenvalue weighted by Crippen LogP contribution is -2.37. The Hall–Kier alpha value is -1.61. The molecule has 0 aliphatic rings. The highest BCUT2D eigenvalue weighted by Crippen LogP contribution is 2.29. The summed E-state index contributed by atoms with van der Waals surface area (Å²) < 4.78 is 14.3. The van der Waals surface area contributed by atoms with Crippen LogP contribution in [0.1, 0.15) is 12.5 Å². The van der Waals surface area contributed by atoms with E-state index in [2.05, 4.69) is 15.9 Å². The summed E-state index contributed by atoms with van der Waals surface area (Å²) >= 11 is 3.06. The fourth-order valence-corrected chi connectivity index (χ4v) is 1.97. The quantitative estimate of drug-likeness (QED) is 0.853. The zero-order valence-corrected chi connectivity index (χ0v) is 12.7. The highest BCUT2D eigenvalue weighted by molar-refractivity contribution is 9.10.